The van der Waals surface area contributed by atoms with E-state index in [2.05, 4.69) is 5.32 Å². The number of nitrogens with two attached hydrogens (primary N) is 1. The van der Waals surface area contributed by atoms with Crippen LogP contribution in [0.4, 0.5) is 0 Å². The van der Waals surface area contributed by atoms with Crippen LogP contribution in [-0.4, -0.2) is 28.9 Å². The van der Waals surface area contributed by atoms with E-state index in [9.17, 15) is 14.4 Å². The van der Waals surface area contributed by atoms with Crippen LogP contribution in [0.25, 0.3) is 0 Å². The summed E-state index contributed by atoms with van der Waals surface area (Å²) in [6, 6.07) is -1.06. The Morgan fingerprint density at radius 3 is 2.18 bits per heavy atom. The summed E-state index contributed by atoms with van der Waals surface area (Å²) in [5.41, 5.74) is 4.72. The van der Waals surface area contributed by atoms with Crippen molar-refractivity contribution in [1.82, 2.24) is 5.32 Å². The topological polar surface area (TPSA) is 109 Å². The molecule has 2 amide bonds. The highest BCUT2D eigenvalue weighted by Crippen LogP contribution is 2.18. The van der Waals surface area contributed by atoms with Gasteiger partial charge in [-0.2, -0.15) is 0 Å². The predicted molar refractivity (Wildman–Crippen MR) is 62.1 cm³/mol. The van der Waals surface area contributed by atoms with Crippen LogP contribution in [0.3, 0.4) is 0 Å². The van der Waals surface area contributed by atoms with E-state index in [1.165, 1.54) is 0 Å². The summed E-state index contributed by atoms with van der Waals surface area (Å²) in [6.07, 6.45) is 0.181. The molecule has 17 heavy (non-hydrogen) atoms. The van der Waals surface area contributed by atoms with E-state index in [4.69, 9.17) is 10.8 Å². The van der Waals surface area contributed by atoms with Gasteiger partial charge in [0.2, 0.25) is 11.8 Å². The normalized spacial score (nSPS) is 12.9. The van der Waals surface area contributed by atoms with E-state index >= 15 is 0 Å². The second-order valence-electron chi connectivity index (χ2n) is 5.20. The Morgan fingerprint density at radius 1 is 1.29 bits per heavy atom. The Kier molecular flexibility index (Phi) is 5.64. The smallest absolute Gasteiger partial charge is 0.326 e. The van der Waals surface area contributed by atoms with Crippen LogP contribution in [0, 0.1) is 5.41 Å². The summed E-state index contributed by atoms with van der Waals surface area (Å²) in [6.45, 7) is 5.64. The fourth-order valence-electron chi connectivity index (χ4n) is 1.27. The molecular weight excluding hydrogens is 224 g/mol. The fraction of sp³-hybridized carbons (Fsp3) is 0.727. The quantitative estimate of drug-likeness (QED) is 0.622. The van der Waals surface area contributed by atoms with Crippen molar-refractivity contribution in [2.75, 3.05) is 0 Å². The minimum absolute atomic E-state index is 0.0144. The van der Waals surface area contributed by atoms with Crippen LogP contribution in [0.1, 0.15) is 40.0 Å². The van der Waals surface area contributed by atoms with Gasteiger partial charge in [0.25, 0.3) is 0 Å². The first-order valence-electron chi connectivity index (χ1n) is 5.42. The number of aliphatic carboxylic acids is 1. The van der Waals surface area contributed by atoms with Crippen molar-refractivity contribution < 1.29 is 19.5 Å². The van der Waals surface area contributed by atoms with E-state index in [0.29, 0.717) is 0 Å². The first-order valence-corrected chi connectivity index (χ1v) is 5.42. The number of primary amides is 1. The van der Waals surface area contributed by atoms with Gasteiger partial charge >= 0.3 is 5.97 Å². The van der Waals surface area contributed by atoms with Gasteiger partial charge in [0, 0.05) is 12.8 Å². The summed E-state index contributed by atoms with van der Waals surface area (Å²) in [5.74, 6) is -2.08. The van der Waals surface area contributed by atoms with Crippen molar-refractivity contribution >= 4 is 17.8 Å². The second kappa shape index (κ2) is 6.22. The minimum atomic E-state index is -1.16. The maximum atomic E-state index is 11.5. The van der Waals surface area contributed by atoms with Crippen molar-refractivity contribution in [1.29, 1.82) is 0 Å². The van der Waals surface area contributed by atoms with Gasteiger partial charge in [-0.05, 0) is 11.8 Å². The number of hydrogen-bond acceptors (Lipinski definition) is 3. The molecule has 0 unspecified atom stereocenters. The molecule has 0 aliphatic heterocycles. The maximum Gasteiger partial charge on any atom is 0.326 e. The highest BCUT2D eigenvalue weighted by molar-refractivity contribution is 5.84. The van der Waals surface area contributed by atoms with E-state index < -0.39 is 17.9 Å². The lowest BCUT2D eigenvalue weighted by atomic mass is 9.92. The van der Waals surface area contributed by atoms with Crippen LogP contribution < -0.4 is 11.1 Å². The van der Waals surface area contributed by atoms with Crippen molar-refractivity contribution in [3.63, 3.8) is 0 Å². The minimum Gasteiger partial charge on any atom is -0.480 e. The van der Waals surface area contributed by atoms with Gasteiger partial charge in [-0.15, -0.1) is 0 Å². The zero-order valence-corrected chi connectivity index (χ0v) is 10.4. The SMILES string of the molecule is CC(C)(C)CC(=O)N[C@H](CCC(N)=O)C(=O)O. The maximum absolute atomic E-state index is 11.5. The first kappa shape index (κ1) is 15.4. The third-order valence-electron chi connectivity index (χ3n) is 2.00. The van der Waals surface area contributed by atoms with Gasteiger partial charge in [-0.25, -0.2) is 4.79 Å². The number of carboxylic acid groups (broad SMARTS) is 1. The summed E-state index contributed by atoms with van der Waals surface area (Å²) in [4.78, 5) is 32.9. The monoisotopic (exact) mass is 244 g/mol. The summed E-state index contributed by atoms with van der Waals surface area (Å²) in [5, 5.41) is 11.2. The molecule has 0 rings (SSSR count). The zero-order valence-electron chi connectivity index (χ0n) is 10.4. The Morgan fingerprint density at radius 2 is 1.82 bits per heavy atom. The zero-order chi connectivity index (χ0) is 13.6. The molecule has 6 nitrogen and oxygen atoms in total. The molecular formula is C11H20N2O4. The van der Waals surface area contributed by atoms with Crippen LogP contribution in [0.15, 0.2) is 0 Å². The molecule has 0 bridgehead atoms. The molecule has 0 fully saturated rings. The standard InChI is InChI=1S/C11H20N2O4/c1-11(2,3)6-9(15)13-7(10(16)17)4-5-8(12)14/h7H,4-6H2,1-3H3,(H2,12,14)(H,13,15)(H,16,17)/t7-/m1/s1. The molecule has 0 saturated heterocycles. The number of carbonyl (C=O) groups excluding carboxylic acids is 2. The molecule has 0 aliphatic carbocycles. The molecule has 6 heteroatoms. The van der Waals surface area contributed by atoms with Gasteiger partial charge in [0.1, 0.15) is 6.04 Å². The summed E-state index contributed by atoms with van der Waals surface area (Å²) in [7, 11) is 0. The Hall–Kier alpha value is -1.59. The number of carboxylic acids is 1. The van der Waals surface area contributed by atoms with E-state index in [1.54, 1.807) is 0 Å². The molecule has 0 aromatic carbocycles. The van der Waals surface area contributed by atoms with Crippen molar-refractivity contribution in [3.8, 4) is 0 Å². The summed E-state index contributed by atoms with van der Waals surface area (Å²) < 4.78 is 0. The molecule has 0 heterocycles. The molecule has 1 atom stereocenters. The molecule has 0 saturated carbocycles. The number of rotatable bonds is 6. The second-order valence-corrected chi connectivity index (χ2v) is 5.20. The molecule has 0 radical (unpaired) electrons. The van der Waals surface area contributed by atoms with Crippen molar-refractivity contribution in [2.24, 2.45) is 11.1 Å². The van der Waals surface area contributed by atoms with Crippen LogP contribution in [0.2, 0.25) is 0 Å². The molecule has 98 valence electrons. The predicted octanol–water partition coefficient (Wildman–Crippen LogP) is 0.258. The molecule has 4 N–H and O–H groups in total. The van der Waals surface area contributed by atoms with Crippen LogP contribution >= 0.6 is 0 Å². The van der Waals surface area contributed by atoms with Crippen LogP contribution in [0.5, 0.6) is 0 Å². The van der Waals surface area contributed by atoms with E-state index in [-0.39, 0.29) is 30.6 Å². The highest BCUT2D eigenvalue weighted by Gasteiger charge is 2.23. The summed E-state index contributed by atoms with van der Waals surface area (Å²) >= 11 is 0. The van der Waals surface area contributed by atoms with Gasteiger partial charge in [0.05, 0.1) is 0 Å². The van der Waals surface area contributed by atoms with Gasteiger partial charge < -0.3 is 16.2 Å². The number of amides is 2. The first-order chi connectivity index (χ1) is 7.61. The van der Waals surface area contributed by atoms with Gasteiger partial charge in [0.15, 0.2) is 0 Å². The fourth-order valence-corrected chi connectivity index (χ4v) is 1.27. The largest absolute Gasteiger partial charge is 0.480 e. The van der Waals surface area contributed by atoms with E-state index in [1.807, 2.05) is 20.8 Å². The number of hydrogen-bond donors (Lipinski definition) is 3. The third kappa shape index (κ3) is 8.24. The molecule has 0 aromatic rings. The lowest BCUT2D eigenvalue weighted by Crippen LogP contribution is -2.42. The average molecular weight is 244 g/mol. The van der Waals surface area contributed by atoms with Gasteiger partial charge in [-0.1, -0.05) is 20.8 Å². The Labute approximate surface area is 101 Å². The number of carbonyl (C=O) groups is 3. The molecule has 0 aromatic heterocycles. The van der Waals surface area contributed by atoms with Gasteiger partial charge in [-0.3, -0.25) is 9.59 Å². The Balaban J connectivity index is 4.30. The number of nitrogens with one attached hydrogen (secondary N) is 1. The van der Waals surface area contributed by atoms with Crippen LogP contribution in [-0.2, 0) is 14.4 Å². The van der Waals surface area contributed by atoms with E-state index in [0.717, 1.165) is 0 Å². The lowest BCUT2D eigenvalue weighted by molar-refractivity contribution is -0.142. The van der Waals surface area contributed by atoms with Crippen molar-refractivity contribution in [2.45, 2.75) is 46.1 Å². The highest BCUT2D eigenvalue weighted by atomic mass is 16.4. The lowest BCUT2D eigenvalue weighted by Gasteiger charge is -2.20. The Bertz CT molecular complexity index is 307. The average Bonchev–Trinajstić information content (AvgIpc) is 2.08. The molecule has 0 aliphatic rings. The van der Waals surface area contributed by atoms with Crippen molar-refractivity contribution in [3.05, 3.63) is 0 Å². The third-order valence-corrected chi connectivity index (χ3v) is 2.00. The molecule has 0 spiro atoms.